The molecule has 7 heteroatoms. The summed E-state index contributed by atoms with van der Waals surface area (Å²) in [5.41, 5.74) is 6.91. The number of hydrogen-bond donors (Lipinski definition) is 3. The first kappa shape index (κ1) is 10.3. The fourth-order valence-corrected chi connectivity index (χ4v) is 2.36. The van der Waals surface area contributed by atoms with Crippen molar-refractivity contribution in [2.24, 2.45) is 0 Å². The number of imidazole rings is 1. The monoisotopic (exact) mass is 234 g/mol. The lowest BCUT2D eigenvalue weighted by Gasteiger charge is -2.08. The van der Waals surface area contributed by atoms with Crippen LogP contribution in [0, 0.1) is 0 Å². The van der Waals surface area contributed by atoms with Crippen LogP contribution in [0.2, 0.25) is 0 Å². The van der Waals surface area contributed by atoms with Gasteiger partial charge in [-0.25, -0.2) is 19.6 Å². The van der Waals surface area contributed by atoms with Gasteiger partial charge in [0.25, 0.3) is 0 Å². The van der Waals surface area contributed by atoms with Gasteiger partial charge in [-0.1, -0.05) is 0 Å². The van der Waals surface area contributed by atoms with E-state index in [1.54, 1.807) is 0 Å². The number of nitrogens with two attached hydrogens (primary N) is 2. The Hall–Kier alpha value is -1.89. The second-order valence-corrected chi connectivity index (χ2v) is 4.45. The topological polar surface area (TPSA) is 116 Å². The van der Waals surface area contributed by atoms with Crippen molar-refractivity contribution in [3.8, 4) is 0 Å². The van der Waals surface area contributed by atoms with Gasteiger partial charge in [0, 0.05) is 5.92 Å². The first-order valence-electron chi connectivity index (χ1n) is 5.58. The fraction of sp³-hybridized carbons (Fsp3) is 0.500. The number of rotatable bonds is 1. The third-order valence-electron chi connectivity index (χ3n) is 3.24. The highest BCUT2D eigenvalue weighted by atomic mass is 16.3. The van der Waals surface area contributed by atoms with Crippen molar-refractivity contribution in [1.29, 1.82) is 0 Å². The van der Waals surface area contributed by atoms with Gasteiger partial charge in [-0.3, -0.25) is 0 Å². The molecular formula is C10H14N6O. The van der Waals surface area contributed by atoms with E-state index in [0.717, 1.165) is 12.8 Å². The van der Waals surface area contributed by atoms with Crippen molar-refractivity contribution in [3.63, 3.8) is 0 Å². The zero-order chi connectivity index (χ0) is 12.0. The summed E-state index contributed by atoms with van der Waals surface area (Å²) in [7, 11) is 0. The van der Waals surface area contributed by atoms with E-state index in [0.29, 0.717) is 29.2 Å². The maximum absolute atomic E-state index is 9.52. The molecule has 0 unspecified atom stereocenters. The Morgan fingerprint density at radius 2 is 2.18 bits per heavy atom. The van der Waals surface area contributed by atoms with Crippen molar-refractivity contribution in [1.82, 2.24) is 19.6 Å². The quantitative estimate of drug-likeness (QED) is 0.586. The SMILES string of the molecule is Nc1nc([C@H]2CC[C@@H](O)C2)nc2ncn(N)c12. The second kappa shape index (κ2) is 3.56. The van der Waals surface area contributed by atoms with Crippen molar-refractivity contribution >= 4 is 17.0 Å². The molecule has 3 rings (SSSR count). The van der Waals surface area contributed by atoms with E-state index >= 15 is 0 Å². The van der Waals surface area contributed by atoms with Crippen LogP contribution in [0.3, 0.4) is 0 Å². The largest absolute Gasteiger partial charge is 0.393 e. The molecule has 0 radical (unpaired) electrons. The van der Waals surface area contributed by atoms with Crippen LogP contribution in [0.15, 0.2) is 6.33 Å². The van der Waals surface area contributed by atoms with Gasteiger partial charge in [-0.05, 0) is 19.3 Å². The third kappa shape index (κ3) is 1.59. The zero-order valence-corrected chi connectivity index (χ0v) is 9.24. The predicted molar refractivity (Wildman–Crippen MR) is 62.5 cm³/mol. The van der Waals surface area contributed by atoms with Gasteiger partial charge in [-0.2, -0.15) is 0 Å². The summed E-state index contributed by atoms with van der Waals surface area (Å²) < 4.78 is 1.32. The molecular weight excluding hydrogens is 220 g/mol. The van der Waals surface area contributed by atoms with Crippen LogP contribution in [0.5, 0.6) is 0 Å². The van der Waals surface area contributed by atoms with E-state index in [1.165, 1.54) is 11.0 Å². The highest BCUT2D eigenvalue weighted by molar-refractivity contribution is 5.81. The van der Waals surface area contributed by atoms with E-state index in [2.05, 4.69) is 15.0 Å². The van der Waals surface area contributed by atoms with E-state index in [9.17, 15) is 5.11 Å². The van der Waals surface area contributed by atoms with Crippen molar-refractivity contribution in [3.05, 3.63) is 12.2 Å². The number of aliphatic hydroxyl groups is 1. The average Bonchev–Trinajstić information content (AvgIpc) is 2.86. The number of nitrogens with zero attached hydrogens (tertiary/aromatic N) is 4. The van der Waals surface area contributed by atoms with Gasteiger partial charge in [0.1, 0.15) is 12.2 Å². The second-order valence-electron chi connectivity index (χ2n) is 4.45. The Morgan fingerprint density at radius 1 is 1.35 bits per heavy atom. The summed E-state index contributed by atoms with van der Waals surface area (Å²) in [6.45, 7) is 0. The van der Waals surface area contributed by atoms with Crippen LogP contribution in [0.25, 0.3) is 11.2 Å². The third-order valence-corrected chi connectivity index (χ3v) is 3.24. The van der Waals surface area contributed by atoms with Crippen LogP contribution < -0.4 is 11.6 Å². The first-order valence-corrected chi connectivity index (χ1v) is 5.58. The van der Waals surface area contributed by atoms with Gasteiger partial charge >= 0.3 is 0 Å². The molecule has 1 saturated carbocycles. The number of hydrogen-bond acceptors (Lipinski definition) is 6. The van der Waals surface area contributed by atoms with Crippen molar-refractivity contribution < 1.29 is 5.11 Å². The average molecular weight is 234 g/mol. The Labute approximate surface area is 97.5 Å². The van der Waals surface area contributed by atoms with E-state index in [-0.39, 0.29) is 12.0 Å². The number of aliphatic hydroxyl groups excluding tert-OH is 1. The minimum atomic E-state index is -0.257. The summed E-state index contributed by atoms with van der Waals surface area (Å²) in [6, 6.07) is 0. The molecule has 1 fully saturated rings. The molecule has 2 atom stereocenters. The molecule has 0 bridgehead atoms. The van der Waals surface area contributed by atoms with Crippen LogP contribution in [0.1, 0.15) is 31.0 Å². The maximum Gasteiger partial charge on any atom is 0.185 e. The van der Waals surface area contributed by atoms with Gasteiger partial charge in [-0.15, -0.1) is 0 Å². The summed E-state index contributed by atoms with van der Waals surface area (Å²) >= 11 is 0. The molecule has 2 heterocycles. The molecule has 7 nitrogen and oxygen atoms in total. The zero-order valence-electron chi connectivity index (χ0n) is 9.24. The van der Waals surface area contributed by atoms with Gasteiger partial charge < -0.3 is 16.7 Å². The molecule has 1 aliphatic rings. The van der Waals surface area contributed by atoms with E-state index in [4.69, 9.17) is 11.6 Å². The van der Waals surface area contributed by atoms with Crippen LogP contribution in [-0.2, 0) is 0 Å². The fourth-order valence-electron chi connectivity index (χ4n) is 2.36. The minimum absolute atomic E-state index is 0.166. The molecule has 0 aromatic carbocycles. The number of nitrogen functional groups attached to an aromatic ring is 2. The summed E-state index contributed by atoms with van der Waals surface area (Å²) in [4.78, 5) is 12.7. The highest BCUT2D eigenvalue weighted by Crippen LogP contribution is 2.33. The Morgan fingerprint density at radius 3 is 2.88 bits per heavy atom. The molecule has 90 valence electrons. The summed E-state index contributed by atoms with van der Waals surface area (Å²) in [5, 5.41) is 9.52. The molecule has 0 spiro atoms. The van der Waals surface area contributed by atoms with Crippen molar-refractivity contribution in [2.45, 2.75) is 31.3 Å². The molecule has 0 saturated heterocycles. The normalized spacial score (nSPS) is 24.5. The standard InChI is InChI=1S/C10H14N6O/c11-8-7-10(13-4-16(7)12)15-9(14-8)5-1-2-6(17)3-5/h4-6,17H,1-3,12H2,(H2,11,14,15)/t5-,6+/m0/s1. The number of fused-ring (bicyclic) bond motifs is 1. The Bertz CT molecular complexity index is 565. The lowest BCUT2D eigenvalue weighted by atomic mass is 10.1. The highest BCUT2D eigenvalue weighted by Gasteiger charge is 2.27. The van der Waals surface area contributed by atoms with Gasteiger partial charge in [0.2, 0.25) is 0 Å². The predicted octanol–water partition coefficient (Wildman–Crippen LogP) is -0.249. The first-order chi connectivity index (χ1) is 8.15. The summed E-state index contributed by atoms with van der Waals surface area (Å²) in [5.74, 6) is 6.82. The summed E-state index contributed by atoms with van der Waals surface area (Å²) in [6.07, 6.45) is 3.57. The molecule has 5 N–H and O–H groups in total. The lowest BCUT2D eigenvalue weighted by molar-refractivity contribution is 0.181. The molecule has 0 aliphatic heterocycles. The van der Waals surface area contributed by atoms with Gasteiger partial charge in [0.15, 0.2) is 17.0 Å². The minimum Gasteiger partial charge on any atom is -0.393 e. The van der Waals surface area contributed by atoms with Crippen LogP contribution >= 0.6 is 0 Å². The maximum atomic E-state index is 9.52. The van der Waals surface area contributed by atoms with E-state index < -0.39 is 0 Å². The molecule has 17 heavy (non-hydrogen) atoms. The molecule has 2 aromatic rings. The van der Waals surface area contributed by atoms with Gasteiger partial charge in [0.05, 0.1) is 6.10 Å². The smallest absolute Gasteiger partial charge is 0.185 e. The molecule has 1 aliphatic carbocycles. The van der Waals surface area contributed by atoms with Crippen LogP contribution in [0.4, 0.5) is 5.82 Å². The Kier molecular flexibility index (Phi) is 2.15. The molecule has 0 amide bonds. The van der Waals surface area contributed by atoms with Crippen LogP contribution in [-0.4, -0.2) is 30.8 Å². The van der Waals surface area contributed by atoms with Crippen molar-refractivity contribution in [2.75, 3.05) is 11.6 Å². The lowest BCUT2D eigenvalue weighted by Crippen LogP contribution is -2.11. The molecule has 2 aromatic heterocycles. The van der Waals surface area contributed by atoms with E-state index in [1.807, 2.05) is 0 Å². The number of aromatic nitrogens is 4. The number of anilines is 1. The Balaban J connectivity index is 2.07.